The Hall–Kier alpha value is -0.870. The summed E-state index contributed by atoms with van der Waals surface area (Å²) < 4.78 is 2.78. The van der Waals surface area contributed by atoms with E-state index in [0.717, 1.165) is 21.1 Å². The maximum atomic E-state index is 9.53. The van der Waals surface area contributed by atoms with Crippen molar-refractivity contribution in [1.29, 1.82) is 0 Å². The second-order valence-corrected chi connectivity index (χ2v) is 4.18. The Kier molecular flexibility index (Phi) is 2.33. The van der Waals surface area contributed by atoms with Gasteiger partial charge in [0.15, 0.2) is 0 Å². The topological polar surface area (TPSA) is 38.1 Å². The lowest BCUT2D eigenvalue weighted by Gasteiger charge is -1.99. The average Bonchev–Trinajstić information content (AvgIpc) is 2.45. The zero-order valence-corrected chi connectivity index (χ0v) is 9.62. The van der Waals surface area contributed by atoms with Crippen molar-refractivity contribution in [3.05, 3.63) is 28.4 Å². The maximum Gasteiger partial charge on any atom is 0.0986 e. The molecule has 0 aliphatic heterocycles. The highest BCUT2D eigenvalue weighted by atomic mass is 79.9. The van der Waals surface area contributed by atoms with Crippen LogP contribution in [0.2, 0.25) is 0 Å². The Labute approximate surface area is 90.5 Å². The molecule has 4 heteroatoms. The number of para-hydroxylation sites is 1. The number of aromatic nitrogens is 2. The lowest BCUT2D eigenvalue weighted by atomic mass is 10.1. The summed E-state index contributed by atoms with van der Waals surface area (Å²) in [6.07, 6.45) is -0.534. The largest absolute Gasteiger partial charge is 0.387 e. The van der Waals surface area contributed by atoms with Crippen molar-refractivity contribution in [2.24, 2.45) is 7.05 Å². The number of hydrogen-bond acceptors (Lipinski definition) is 2. The van der Waals surface area contributed by atoms with Gasteiger partial charge in [-0.25, -0.2) is 0 Å². The van der Waals surface area contributed by atoms with Gasteiger partial charge in [-0.1, -0.05) is 12.1 Å². The van der Waals surface area contributed by atoms with Crippen LogP contribution in [0.5, 0.6) is 0 Å². The highest BCUT2D eigenvalue weighted by molar-refractivity contribution is 9.10. The standard InChI is InChI=1S/C10H11BrN2O/c1-6(14)9-7-4-3-5-8(11)10(7)13(2)12-9/h3-6,14H,1-2H3. The molecule has 1 atom stereocenters. The average molecular weight is 255 g/mol. The number of aryl methyl sites for hydroxylation is 1. The zero-order valence-electron chi connectivity index (χ0n) is 8.03. The van der Waals surface area contributed by atoms with Crippen molar-refractivity contribution in [3.8, 4) is 0 Å². The number of halogens is 1. The fourth-order valence-electron chi connectivity index (χ4n) is 1.62. The molecule has 2 aromatic rings. The molecule has 1 unspecified atom stereocenters. The predicted octanol–water partition coefficient (Wildman–Crippen LogP) is 2.39. The third kappa shape index (κ3) is 1.35. The zero-order chi connectivity index (χ0) is 10.3. The fourth-order valence-corrected chi connectivity index (χ4v) is 2.25. The molecule has 3 nitrogen and oxygen atoms in total. The number of fused-ring (bicyclic) bond motifs is 1. The van der Waals surface area contributed by atoms with E-state index in [0.29, 0.717) is 0 Å². The molecular formula is C10H11BrN2O. The van der Waals surface area contributed by atoms with Crippen molar-refractivity contribution >= 4 is 26.8 Å². The molecule has 0 bridgehead atoms. The predicted molar refractivity (Wildman–Crippen MR) is 59.0 cm³/mol. The molecule has 0 saturated heterocycles. The number of benzene rings is 1. The first-order valence-electron chi connectivity index (χ1n) is 4.40. The molecule has 0 aliphatic rings. The van der Waals surface area contributed by atoms with Crippen LogP contribution in [0.3, 0.4) is 0 Å². The Balaban J connectivity index is 2.84. The van der Waals surface area contributed by atoms with E-state index in [2.05, 4.69) is 21.0 Å². The van der Waals surface area contributed by atoms with E-state index in [4.69, 9.17) is 0 Å². The molecule has 0 saturated carbocycles. The number of aliphatic hydroxyl groups is 1. The monoisotopic (exact) mass is 254 g/mol. The minimum atomic E-state index is -0.534. The van der Waals surface area contributed by atoms with Gasteiger partial charge in [0.1, 0.15) is 0 Å². The molecule has 0 spiro atoms. The van der Waals surface area contributed by atoms with Crippen LogP contribution >= 0.6 is 15.9 Å². The van der Waals surface area contributed by atoms with Crippen LogP contribution in [-0.2, 0) is 7.05 Å². The SMILES string of the molecule is CC(O)c1nn(C)c2c(Br)cccc12. The summed E-state index contributed by atoms with van der Waals surface area (Å²) in [7, 11) is 1.87. The second-order valence-electron chi connectivity index (χ2n) is 3.32. The van der Waals surface area contributed by atoms with Crippen LogP contribution in [0.15, 0.2) is 22.7 Å². The third-order valence-corrected chi connectivity index (χ3v) is 2.88. The van der Waals surface area contributed by atoms with Crippen LogP contribution < -0.4 is 0 Å². The van der Waals surface area contributed by atoms with Crippen molar-refractivity contribution in [3.63, 3.8) is 0 Å². The number of hydrogen-bond donors (Lipinski definition) is 1. The molecule has 0 aliphatic carbocycles. The first-order chi connectivity index (χ1) is 6.61. The highest BCUT2D eigenvalue weighted by Crippen LogP contribution is 2.28. The fraction of sp³-hybridized carbons (Fsp3) is 0.300. The summed E-state index contributed by atoms with van der Waals surface area (Å²) >= 11 is 3.47. The molecular weight excluding hydrogens is 244 g/mol. The van der Waals surface area contributed by atoms with Crippen molar-refractivity contribution in [2.75, 3.05) is 0 Å². The Morgan fingerprint density at radius 2 is 2.21 bits per heavy atom. The first-order valence-corrected chi connectivity index (χ1v) is 5.19. The second kappa shape index (κ2) is 3.37. The quantitative estimate of drug-likeness (QED) is 0.849. The van der Waals surface area contributed by atoms with Gasteiger partial charge in [-0.2, -0.15) is 5.10 Å². The lowest BCUT2D eigenvalue weighted by Crippen LogP contribution is -1.95. The first kappa shape index (κ1) is 9.68. The molecule has 1 aromatic carbocycles. The van der Waals surface area contributed by atoms with Gasteiger partial charge < -0.3 is 5.11 Å². The molecule has 1 N–H and O–H groups in total. The van der Waals surface area contributed by atoms with Gasteiger partial charge in [0.2, 0.25) is 0 Å². The summed E-state index contributed by atoms with van der Waals surface area (Å²) in [5.74, 6) is 0. The van der Waals surface area contributed by atoms with Gasteiger partial charge in [0, 0.05) is 16.9 Å². The summed E-state index contributed by atoms with van der Waals surface area (Å²) in [4.78, 5) is 0. The van der Waals surface area contributed by atoms with Gasteiger partial charge in [-0.3, -0.25) is 4.68 Å². The van der Waals surface area contributed by atoms with Crippen LogP contribution in [0.4, 0.5) is 0 Å². The van der Waals surface area contributed by atoms with E-state index in [1.54, 1.807) is 11.6 Å². The van der Waals surface area contributed by atoms with E-state index in [-0.39, 0.29) is 0 Å². The lowest BCUT2D eigenvalue weighted by molar-refractivity contribution is 0.195. The molecule has 2 rings (SSSR count). The third-order valence-electron chi connectivity index (χ3n) is 2.24. The maximum absolute atomic E-state index is 9.53. The molecule has 1 aromatic heterocycles. The number of aliphatic hydroxyl groups excluding tert-OH is 1. The van der Waals surface area contributed by atoms with Crippen LogP contribution in [0.1, 0.15) is 18.7 Å². The van der Waals surface area contributed by atoms with Gasteiger partial charge in [0.05, 0.1) is 17.3 Å². The smallest absolute Gasteiger partial charge is 0.0986 e. The van der Waals surface area contributed by atoms with E-state index >= 15 is 0 Å². The summed E-state index contributed by atoms with van der Waals surface area (Å²) in [5, 5.41) is 14.8. The minimum Gasteiger partial charge on any atom is -0.387 e. The van der Waals surface area contributed by atoms with Crippen molar-refractivity contribution < 1.29 is 5.11 Å². The van der Waals surface area contributed by atoms with E-state index in [1.807, 2.05) is 25.2 Å². The highest BCUT2D eigenvalue weighted by Gasteiger charge is 2.13. The van der Waals surface area contributed by atoms with E-state index in [1.165, 1.54) is 0 Å². The van der Waals surface area contributed by atoms with Crippen molar-refractivity contribution in [2.45, 2.75) is 13.0 Å². The molecule has 74 valence electrons. The number of rotatable bonds is 1. The minimum absolute atomic E-state index is 0.534. The Morgan fingerprint density at radius 3 is 2.86 bits per heavy atom. The molecule has 1 heterocycles. The molecule has 0 radical (unpaired) electrons. The normalized spacial score (nSPS) is 13.4. The molecule has 14 heavy (non-hydrogen) atoms. The molecule has 0 amide bonds. The van der Waals surface area contributed by atoms with E-state index < -0.39 is 6.10 Å². The van der Waals surface area contributed by atoms with Crippen LogP contribution in [0, 0.1) is 0 Å². The van der Waals surface area contributed by atoms with Gasteiger partial charge in [0.25, 0.3) is 0 Å². The van der Waals surface area contributed by atoms with Gasteiger partial charge >= 0.3 is 0 Å². The number of nitrogens with zero attached hydrogens (tertiary/aromatic N) is 2. The van der Waals surface area contributed by atoms with E-state index in [9.17, 15) is 5.11 Å². The molecule has 0 fully saturated rings. The Morgan fingerprint density at radius 1 is 1.50 bits per heavy atom. The van der Waals surface area contributed by atoms with Gasteiger partial charge in [-0.05, 0) is 28.9 Å². The van der Waals surface area contributed by atoms with Crippen LogP contribution in [-0.4, -0.2) is 14.9 Å². The van der Waals surface area contributed by atoms with Crippen LogP contribution in [0.25, 0.3) is 10.9 Å². The van der Waals surface area contributed by atoms with Gasteiger partial charge in [-0.15, -0.1) is 0 Å². The summed E-state index contributed by atoms with van der Waals surface area (Å²) in [5.41, 5.74) is 1.74. The summed E-state index contributed by atoms with van der Waals surface area (Å²) in [6.45, 7) is 1.72. The summed E-state index contributed by atoms with van der Waals surface area (Å²) in [6, 6.07) is 5.88. The Bertz CT molecular complexity index is 476. The van der Waals surface area contributed by atoms with Crippen molar-refractivity contribution in [1.82, 2.24) is 9.78 Å².